The van der Waals surface area contributed by atoms with Gasteiger partial charge in [-0.3, -0.25) is 14.3 Å². The number of fused-ring (bicyclic) bond motifs is 1. The number of hydrogen-bond acceptors (Lipinski definition) is 5. The number of amides is 1. The Labute approximate surface area is 197 Å². The van der Waals surface area contributed by atoms with Crippen LogP contribution < -0.4 is 5.32 Å². The van der Waals surface area contributed by atoms with Crippen LogP contribution in [0, 0.1) is 0 Å². The predicted molar refractivity (Wildman–Crippen MR) is 130 cm³/mol. The number of thioether (sulfide) groups is 1. The molecule has 2 heterocycles. The number of rotatable bonds is 7. The summed E-state index contributed by atoms with van der Waals surface area (Å²) in [5.74, 6) is 1.08. The van der Waals surface area contributed by atoms with Crippen LogP contribution in [-0.2, 0) is 17.8 Å². The molecule has 0 bridgehead atoms. The Morgan fingerprint density at radius 2 is 1.79 bits per heavy atom. The molecule has 2 aromatic heterocycles. The van der Waals surface area contributed by atoms with Crippen molar-refractivity contribution in [2.45, 2.75) is 37.0 Å². The Balaban J connectivity index is 1.32. The van der Waals surface area contributed by atoms with Gasteiger partial charge in [0.2, 0.25) is 5.91 Å². The highest BCUT2D eigenvalue weighted by molar-refractivity contribution is 7.99. The lowest BCUT2D eigenvalue weighted by Crippen LogP contribution is -2.32. The van der Waals surface area contributed by atoms with Gasteiger partial charge < -0.3 is 5.32 Å². The van der Waals surface area contributed by atoms with Gasteiger partial charge in [0.05, 0.1) is 18.3 Å². The van der Waals surface area contributed by atoms with E-state index in [2.05, 4.69) is 55.4 Å². The first-order chi connectivity index (χ1) is 16.3. The first-order valence-corrected chi connectivity index (χ1v) is 12.1. The standard InChI is InChI=1S/C26H25N5OS/c32-24(28-23-12-6-10-20-9-4-5-11-22(20)23)18-33-26-30-29-25(21-13-15-27-16-14-21)31(26)17-19-7-2-1-3-8-19/h1-5,7-9,11,13-16,23H,6,10,12,17-18H2,(H,28,32)/t23-/m1/s1. The van der Waals surface area contributed by atoms with Crippen LogP contribution in [0.5, 0.6) is 0 Å². The number of aromatic nitrogens is 4. The normalized spacial score (nSPS) is 15.1. The average Bonchev–Trinajstić information content (AvgIpc) is 3.26. The van der Waals surface area contributed by atoms with E-state index in [4.69, 9.17) is 0 Å². The minimum absolute atomic E-state index is 0.0152. The molecule has 6 nitrogen and oxygen atoms in total. The molecule has 1 amide bonds. The summed E-state index contributed by atoms with van der Waals surface area (Å²) in [7, 11) is 0. The van der Waals surface area contributed by atoms with Crippen LogP contribution in [0.25, 0.3) is 11.4 Å². The van der Waals surface area contributed by atoms with E-state index >= 15 is 0 Å². The second-order valence-electron chi connectivity index (χ2n) is 8.11. The third kappa shape index (κ3) is 4.98. The highest BCUT2D eigenvalue weighted by Crippen LogP contribution is 2.30. The lowest BCUT2D eigenvalue weighted by Gasteiger charge is -2.26. The molecule has 1 N–H and O–H groups in total. The number of carbonyl (C=O) groups excluding carboxylic acids is 1. The van der Waals surface area contributed by atoms with Crippen molar-refractivity contribution in [1.82, 2.24) is 25.1 Å². The number of benzene rings is 2. The minimum atomic E-state index is 0.0152. The lowest BCUT2D eigenvalue weighted by molar-refractivity contribution is -0.119. The van der Waals surface area contributed by atoms with Crippen LogP contribution in [0.2, 0.25) is 0 Å². The fourth-order valence-electron chi connectivity index (χ4n) is 4.29. The van der Waals surface area contributed by atoms with E-state index in [1.807, 2.05) is 36.4 Å². The maximum atomic E-state index is 12.8. The molecular weight excluding hydrogens is 430 g/mol. The van der Waals surface area contributed by atoms with Gasteiger partial charge in [-0.25, -0.2) is 0 Å². The molecule has 0 radical (unpaired) electrons. The smallest absolute Gasteiger partial charge is 0.230 e. The van der Waals surface area contributed by atoms with Gasteiger partial charge in [-0.2, -0.15) is 0 Å². The maximum absolute atomic E-state index is 12.8. The van der Waals surface area contributed by atoms with Crippen LogP contribution in [0.15, 0.2) is 84.3 Å². The lowest BCUT2D eigenvalue weighted by atomic mass is 9.88. The van der Waals surface area contributed by atoms with Crippen LogP contribution in [-0.4, -0.2) is 31.4 Å². The highest BCUT2D eigenvalue weighted by atomic mass is 32.2. The largest absolute Gasteiger partial charge is 0.349 e. The third-order valence-corrected chi connectivity index (χ3v) is 6.84. The summed E-state index contributed by atoms with van der Waals surface area (Å²) in [5.41, 5.74) is 4.68. The molecule has 0 saturated heterocycles. The number of hydrogen-bond donors (Lipinski definition) is 1. The molecule has 7 heteroatoms. The molecule has 33 heavy (non-hydrogen) atoms. The third-order valence-electron chi connectivity index (χ3n) is 5.88. The Bertz CT molecular complexity index is 1230. The number of carbonyl (C=O) groups is 1. The van der Waals surface area contributed by atoms with Crippen molar-refractivity contribution in [2.24, 2.45) is 0 Å². The van der Waals surface area contributed by atoms with E-state index in [0.717, 1.165) is 41.4 Å². The zero-order valence-corrected chi connectivity index (χ0v) is 19.0. The molecule has 1 atom stereocenters. The molecule has 1 aliphatic rings. The first-order valence-electron chi connectivity index (χ1n) is 11.2. The maximum Gasteiger partial charge on any atom is 0.230 e. The van der Waals surface area contributed by atoms with Crippen molar-refractivity contribution in [3.8, 4) is 11.4 Å². The van der Waals surface area contributed by atoms with E-state index in [-0.39, 0.29) is 11.9 Å². The van der Waals surface area contributed by atoms with Gasteiger partial charge in [0.1, 0.15) is 0 Å². The quantitative estimate of drug-likeness (QED) is 0.410. The molecule has 0 fully saturated rings. The van der Waals surface area contributed by atoms with Crippen molar-refractivity contribution >= 4 is 17.7 Å². The van der Waals surface area contributed by atoms with Crippen molar-refractivity contribution in [3.05, 3.63) is 95.8 Å². The van der Waals surface area contributed by atoms with E-state index in [1.165, 1.54) is 22.9 Å². The predicted octanol–water partition coefficient (Wildman–Crippen LogP) is 4.67. The molecule has 0 aliphatic heterocycles. The SMILES string of the molecule is O=C(CSc1nnc(-c2ccncc2)n1Cc1ccccc1)N[C@@H]1CCCc2ccccc21. The summed E-state index contributed by atoms with van der Waals surface area (Å²) in [4.78, 5) is 16.9. The summed E-state index contributed by atoms with van der Waals surface area (Å²) >= 11 is 1.42. The highest BCUT2D eigenvalue weighted by Gasteiger charge is 2.22. The van der Waals surface area contributed by atoms with Gasteiger partial charge in [0.15, 0.2) is 11.0 Å². The van der Waals surface area contributed by atoms with Crippen molar-refractivity contribution in [1.29, 1.82) is 0 Å². The summed E-state index contributed by atoms with van der Waals surface area (Å²) in [6.07, 6.45) is 6.65. The van der Waals surface area contributed by atoms with Gasteiger partial charge in [0, 0.05) is 18.0 Å². The number of nitrogens with one attached hydrogen (secondary N) is 1. The molecule has 0 saturated carbocycles. The number of aryl methyl sites for hydroxylation is 1. The van der Waals surface area contributed by atoms with Crippen LogP contribution in [0.4, 0.5) is 0 Å². The second-order valence-corrected chi connectivity index (χ2v) is 9.06. The zero-order chi connectivity index (χ0) is 22.5. The van der Waals surface area contributed by atoms with E-state index in [9.17, 15) is 4.79 Å². The van der Waals surface area contributed by atoms with Gasteiger partial charge in [-0.05, 0) is 48.1 Å². The fraction of sp³-hybridized carbons (Fsp3) is 0.231. The molecular formula is C26H25N5OS. The number of pyridine rings is 1. The van der Waals surface area contributed by atoms with Crippen molar-refractivity contribution in [2.75, 3.05) is 5.75 Å². The minimum Gasteiger partial charge on any atom is -0.349 e. The van der Waals surface area contributed by atoms with Gasteiger partial charge in [0.25, 0.3) is 0 Å². The Morgan fingerprint density at radius 1 is 1.00 bits per heavy atom. The van der Waals surface area contributed by atoms with Crippen molar-refractivity contribution < 1.29 is 4.79 Å². The molecule has 0 spiro atoms. The molecule has 5 rings (SSSR count). The Morgan fingerprint density at radius 3 is 2.64 bits per heavy atom. The van der Waals surface area contributed by atoms with Crippen LogP contribution in [0.1, 0.15) is 35.6 Å². The second kappa shape index (κ2) is 10.0. The summed E-state index contributed by atoms with van der Waals surface area (Å²) < 4.78 is 2.07. The molecule has 1 aliphatic carbocycles. The zero-order valence-electron chi connectivity index (χ0n) is 18.2. The summed E-state index contributed by atoms with van der Waals surface area (Å²) in [5, 5.41) is 12.8. The van der Waals surface area contributed by atoms with Gasteiger partial charge in [-0.1, -0.05) is 66.4 Å². The van der Waals surface area contributed by atoms with Gasteiger partial charge >= 0.3 is 0 Å². The molecule has 166 valence electrons. The summed E-state index contributed by atoms with van der Waals surface area (Å²) in [6.45, 7) is 0.630. The fourth-order valence-corrected chi connectivity index (χ4v) is 5.04. The Hall–Kier alpha value is -3.45. The van der Waals surface area contributed by atoms with E-state index in [0.29, 0.717) is 12.3 Å². The number of nitrogens with zero attached hydrogens (tertiary/aromatic N) is 4. The van der Waals surface area contributed by atoms with Crippen molar-refractivity contribution in [3.63, 3.8) is 0 Å². The van der Waals surface area contributed by atoms with E-state index in [1.54, 1.807) is 12.4 Å². The topological polar surface area (TPSA) is 72.7 Å². The van der Waals surface area contributed by atoms with Crippen LogP contribution >= 0.6 is 11.8 Å². The Kier molecular flexibility index (Phi) is 6.48. The summed E-state index contributed by atoms with van der Waals surface area (Å²) in [6, 6.07) is 22.5. The van der Waals surface area contributed by atoms with Crippen LogP contribution in [0.3, 0.4) is 0 Å². The van der Waals surface area contributed by atoms with Gasteiger partial charge in [-0.15, -0.1) is 10.2 Å². The monoisotopic (exact) mass is 455 g/mol. The first kappa shape index (κ1) is 21.4. The molecule has 4 aromatic rings. The van der Waals surface area contributed by atoms with E-state index < -0.39 is 0 Å². The average molecular weight is 456 g/mol. The molecule has 2 aromatic carbocycles. The molecule has 0 unspecified atom stereocenters.